The first kappa shape index (κ1) is 19.4. The predicted molar refractivity (Wildman–Crippen MR) is 104 cm³/mol. The van der Waals surface area contributed by atoms with Crippen molar-refractivity contribution in [1.29, 1.82) is 0 Å². The summed E-state index contributed by atoms with van der Waals surface area (Å²) in [6, 6.07) is 13.6. The van der Waals surface area contributed by atoms with Crippen LogP contribution in [0.25, 0.3) is 0 Å². The van der Waals surface area contributed by atoms with E-state index in [0.717, 1.165) is 12.1 Å². The van der Waals surface area contributed by atoms with Gasteiger partial charge in [-0.15, -0.1) is 0 Å². The molecule has 1 aliphatic rings. The number of benzene rings is 2. The fourth-order valence-electron chi connectivity index (χ4n) is 3.30. The summed E-state index contributed by atoms with van der Waals surface area (Å²) < 4.78 is 19.0. The molecule has 2 aromatic carbocycles. The largest absolute Gasteiger partial charge is 0.477 e. The molecule has 6 heteroatoms. The summed E-state index contributed by atoms with van der Waals surface area (Å²) in [6.07, 6.45) is 0. The van der Waals surface area contributed by atoms with E-state index in [-0.39, 0.29) is 17.9 Å². The van der Waals surface area contributed by atoms with Crippen LogP contribution in [0.15, 0.2) is 54.2 Å². The number of carbonyl (C=O) groups excluding carboxylic acids is 1. The predicted octanol–water partition coefficient (Wildman–Crippen LogP) is 4.13. The fraction of sp³-hybridized carbons (Fsp3) is 0.333. The minimum Gasteiger partial charge on any atom is -0.477 e. The number of ether oxygens (including phenoxy) is 1. The number of piperazine rings is 1. The molecule has 1 fully saturated rings. The molecule has 142 valence electrons. The summed E-state index contributed by atoms with van der Waals surface area (Å²) >= 11 is 6.14. The van der Waals surface area contributed by atoms with Gasteiger partial charge in [0.05, 0.1) is 11.1 Å². The summed E-state index contributed by atoms with van der Waals surface area (Å²) in [5.74, 6) is 2.45. The molecule has 1 saturated heterocycles. The second-order valence-corrected chi connectivity index (χ2v) is 7.15. The molecule has 2 atom stereocenters. The Morgan fingerprint density at radius 3 is 2.56 bits per heavy atom. The van der Waals surface area contributed by atoms with E-state index < -0.39 is 0 Å². The van der Waals surface area contributed by atoms with Crippen molar-refractivity contribution in [3.63, 3.8) is 0 Å². The first-order valence-corrected chi connectivity index (χ1v) is 9.25. The highest BCUT2D eigenvalue weighted by atomic mass is 35.5. The van der Waals surface area contributed by atoms with Gasteiger partial charge < -0.3 is 9.64 Å². The van der Waals surface area contributed by atoms with Gasteiger partial charge in [0.25, 0.3) is 0 Å². The topological polar surface area (TPSA) is 32.8 Å². The van der Waals surface area contributed by atoms with Gasteiger partial charge in [0, 0.05) is 19.1 Å². The molecule has 0 spiro atoms. The van der Waals surface area contributed by atoms with Gasteiger partial charge in [0.2, 0.25) is 0 Å². The van der Waals surface area contributed by atoms with Gasteiger partial charge in [-0.3, -0.25) is 4.90 Å². The average Bonchev–Trinajstić information content (AvgIpc) is 2.66. The second kappa shape index (κ2) is 8.57. The Morgan fingerprint density at radius 1 is 1.19 bits per heavy atom. The lowest BCUT2D eigenvalue weighted by molar-refractivity contribution is 0.0286. The summed E-state index contributed by atoms with van der Waals surface area (Å²) in [6.45, 7) is 5.59. The van der Waals surface area contributed by atoms with Gasteiger partial charge in [-0.25, -0.2) is 9.18 Å². The van der Waals surface area contributed by atoms with Crippen molar-refractivity contribution in [2.75, 3.05) is 13.3 Å². The van der Waals surface area contributed by atoms with Gasteiger partial charge in [-0.05, 0) is 43.7 Å². The molecule has 27 heavy (non-hydrogen) atoms. The van der Waals surface area contributed by atoms with E-state index in [9.17, 15) is 9.18 Å². The first-order valence-electron chi connectivity index (χ1n) is 8.87. The molecular formula is C21H22ClFN2O2. The number of hydrogen-bond acceptors (Lipinski definition) is 4. The van der Waals surface area contributed by atoms with E-state index in [1.807, 2.05) is 30.0 Å². The number of para-hydroxylation sites is 1. The van der Waals surface area contributed by atoms with Crippen LogP contribution in [0.3, 0.4) is 0 Å². The molecule has 0 unspecified atom stereocenters. The van der Waals surface area contributed by atoms with Crippen molar-refractivity contribution in [3.8, 4) is 5.75 Å². The van der Waals surface area contributed by atoms with E-state index >= 15 is 0 Å². The SMILES string of the molecule is C[C@@H]1CN(COc2ccccc2Cl)[C@@H](C)C(=C=O)N1Cc1ccc(F)cc1. The third-order valence-electron chi connectivity index (χ3n) is 4.88. The van der Waals surface area contributed by atoms with Gasteiger partial charge in [-0.1, -0.05) is 35.9 Å². The maximum Gasteiger partial charge on any atom is 0.147 e. The molecule has 1 aliphatic heterocycles. The molecule has 0 N–H and O–H groups in total. The van der Waals surface area contributed by atoms with Crippen molar-refractivity contribution in [3.05, 3.63) is 70.6 Å². The minimum absolute atomic E-state index is 0.0811. The number of rotatable bonds is 5. The van der Waals surface area contributed by atoms with Crippen molar-refractivity contribution >= 4 is 17.5 Å². The Hall–Kier alpha value is -2.33. The van der Waals surface area contributed by atoms with E-state index in [1.54, 1.807) is 18.2 Å². The molecule has 0 aromatic heterocycles. The van der Waals surface area contributed by atoms with E-state index in [1.165, 1.54) is 12.1 Å². The lowest BCUT2D eigenvalue weighted by Crippen LogP contribution is -2.55. The number of halogens is 2. The van der Waals surface area contributed by atoms with E-state index in [4.69, 9.17) is 16.3 Å². The molecule has 4 nitrogen and oxygen atoms in total. The van der Waals surface area contributed by atoms with Crippen LogP contribution in [0.4, 0.5) is 4.39 Å². The van der Waals surface area contributed by atoms with Crippen molar-refractivity contribution in [2.45, 2.75) is 32.5 Å². The van der Waals surface area contributed by atoms with Crippen LogP contribution in [-0.2, 0) is 11.3 Å². The normalized spacial score (nSPS) is 20.4. The third-order valence-corrected chi connectivity index (χ3v) is 5.19. The molecule has 1 heterocycles. The number of nitrogens with zero attached hydrogens (tertiary/aromatic N) is 2. The Kier molecular flexibility index (Phi) is 6.17. The summed E-state index contributed by atoms with van der Waals surface area (Å²) in [5.41, 5.74) is 1.52. The Bertz CT molecular complexity index is 836. The van der Waals surface area contributed by atoms with Crippen LogP contribution in [0.1, 0.15) is 19.4 Å². The monoisotopic (exact) mass is 388 g/mol. The van der Waals surface area contributed by atoms with Gasteiger partial charge >= 0.3 is 0 Å². The van der Waals surface area contributed by atoms with Crippen LogP contribution >= 0.6 is 11.6 Å². The molecule has 0 radical (unpaired) electrons. The Morgan fingerprint density at radius 2 is 1.89 bits per heavy atom. The molecule has 0 aliphatic carbocycles. The highest BCUT2D eigenvalue weighted by Crippen LogP contribution is 2.27. The second-order valence-electron chi connectivity index (χ2n) is 6.74. The highest BCUT2D eigenvalue weighted by Gasteiger charge is 2.34. The molecule has 0 saturated carbocycles. The zero-order chi connectivity index (χ0) is 19.4. The van der Waals surface area contributed by atoms with Crippen LogP contribution in [0.5, 0.6) is 5.75 Å². The lowest BCUT2D eigenvalue weighted by Gasteiger charge is -2.45. The minimum atomic E-state index is -0.270. The van der Waals surface area contributed by atoms with Crippen LogP contribution in [0.2, 0.25) is 5.02 Å². The molecular weight excluding hydrogens is 367 g/mol. The van der Waals surface area contributed by atoms with Gasteiger partial charge in [0.15, 0.2) is 0 Å². The maximum absolute atomic E-state index is 13.1. The zero-order valence-electron chi connectivity index (χ0n) is 15.4. The molecule has 2 aromatic rings. The fourth-order valence-corrected chi connectivity index (χ4v) is 3.49. The molecule has 0 bridgehead atoms. The quantitative estimate of drug-likeness (QED) is 0.721. The van der Waals surface area contributed by atoms with E-state index in [0.29, 0.717) is 29.7 Å². The standard InChI is InChI=1S/C21H22ClFN2O2/c1-15-11-24(14-27-21-6-4-3-5-19(21)22)16(2)20(13-26)25(15)12-17-7-9-18(23)10-8-17/h3-10,15-16H,11-12,14H2,1-2H3/t15-,16+/m1/s1. The van der Waals surface area contributed by atoms with Crippen molar-refractivity contribution in [1.82, 2.24) is 9.80 Å². The van der Waals surface area contributed by atoms with Crippen LogP contribution in [0, 0.1) is 5.82 Å². The molecule has 3 rings (SSSR count). The zero-order valence-corrected chi connectivity index (χ0v) is 16.1. The van der Waals surface area contributed by atoms with Crippen molar-refractivity contribution < 1.29 is 13.9 Å². The Labute approximate surface area is 163 Å². The summed E-state index contributed by atoms with van der Waals surface area (Å²) in [5, 5.41) is 0.555. The van der Waals surface area contributed by atoms with E-state index in [2.05, 4.69) is 17.8 Å². The van der Waals surface area contributed by atoms with Gasteiger partial charge in [-0.2, -0.15) is 0 Å². The summed E-state index contributed by atoms with van der Waals surface area (Å²) in [4.78, 5) is 15.8. The summed E-state index contributed by atoms with van der Waals surface area (Å²) in [7, 11) is 0. The first-order chi connectivity index (χ1) is 13.0. The van der Waals surface area contributed by atoms with Gasteiger partial charge in [0.1, 0.15) is 29.9 Å². The van der Waals surface area contributed by atoms with Crippen molar-refractivity contribution in [2.24, 2.45) is 0 Å². The average molecular weight is 389 g/mol. The molecule has 0 amide bonds. The highest BCUT2D eigenvalue weighted by molar-refractivity contribution is 6.32. The third kappa shape index (κ3) is 4.51. The van der Waals surface area contributed by atoms with Crippen LogP contribution < -0.4 is 4.74 Å². The Balaban J connectivity index is 1.70. The lowest BCUT2D eigenvalue weighted by atomic mass is 10.0. The van der Waals surface area contributed by atoms with Crippen LogP contribution in [-0.4, -0.2) is 41.1 Å². The maximum atomic E-state index is 13.1. The smallest absolute Gasteiger partial charge is 0.147 e. The number of hydrogen-bond donors (Lipinski definition) is 0.